The highest BCUT2D eigenvalue weighted by molar-refractivity contribution is 5.99. The number of benzene rings is 9. The van der Waals surface area contributed by atoms with E-state index in [-0.39, 0.29) is 126 Å². The molecule has 4 aromatic heterocycles. The van der Waals surface area contributed by atoms with Crippen molar-refractivity contribution < 1.29 is 51.9 Å². The number of urea groups is 1. The molecule has 2 aliphatic rings. The van der Waals surface area contributed by atoms with E-state index < -0.39 is 17.5 Å². The summed E-state index contributed by atoms with van der Waals surface area (Å²) < 4.78 is 46.1. The molecule has 28 nitrogen and oxygen atoms in total. The topological polar surface area (TPSA) is 351 Å². The van der Waals surface area contributed by atoms with E-state index in [9.17, 15) is 56.7 Å². The van der Waals surface area contributed by atoms with Crippen molar-refractivity contribution in [3.8, 4) is 11.5 Å². The van der Waals surface area contributed by atoms with Crippen LogP contribution in [0.5, 0.6) is 11.5 Å². The minimum Gasteiger partial charge on any atom is -0.454 e. The number of amides is 7. The third-order valence-electron chi connectivity index (χ3n) is 21.2. The minimum absolute atomic E-state index is 0.0307. The van der Waals surface area contributed by atoms with Crippen LogP contribution in [0.15, 0.2) is 219 Å². The first-order valence-corrected chi connectivity index (χ1v) is 40.2. The van der Waals surface area contributed by atoms with Gasteiger partial charge in [0.15, 0.2) is 17.5 Å². The third-order valence-corrected chi connectivity index (χ3v) is 21.2. The fourth-order valence-electron chi connectivity index (χ4n) is 14.2. The summed E-state index contributed by atoms with van der Waals surface area (Å²) in [6.07, 6.45) is 1.47. The van der Waals surface area contributed by atoms with Crippen LogP contribution in [-0.2, 0) is 55.4 Å². The number of fused-ring (bicyclic) bond motifs is 7. The Bertz CT molecular complexity index is 6290. The Morgan fingerprint density at radius 3 is 1.54 bits per heavy atom. The lowest BCUT2D eigenvalue weighted by Crippen LogP contribution is -3.17. The van der Waals surface area contributed by atoms with Gasteiger partial charge in [-0.25, -0.2) is 41.3 Å². The first-order valence-electron chi connectivity index (χ1n) is 40.2. The number of quaternary nitrogens is 1. The number of piperidine rings is 1. The Hall–Kier alpha value is -14.2. The second-order valence-corrected chi connectivity index (χ2v) is 31.3. The van der Waals surface area contributed by atoms with Gasteiger partial charge < -0.3 is 52.0 Å². The van der Waals surface area contributed by atoms with E-state index in [0.29, 0.717) is 71.0 Å². The van der Waals surface area contributed by atoms with Crippen molar-refractivity contribution >= 4 is 68.9 Å². The molecule has 0 radical (unpaired) electrons. The van der Waals surface area contributed by atoms with E-state index in [0.717, 1.165) is 86.4 Å². The lowest BCUT2D eigenvalue weighted by Gasteiger charge is -2.31. The largest absolute Gasteiger partial charge is 0.454 e. The molecule has 1 saturated heterocycles. The molecule has 30 heteroatoms. The fraction of sp³-hybridized carbons (Fsp3) is 0.283. The van der Waals surface area contributed by atoms with Crippen molar-refractivity contribution in [2.45, 2.75) is 126 Å². The van der Waals surface area contributed by atoms with Gasteiger partial charge in [0, 0.05) is 80.3 Å². The number of nitrogens with one attached hydrogen (secondary N) is 5. The van der Waals surface area contributed by atoms with Crippen LogP contribution in [0.25, 0.3) is 33.4 Å². The fourth-order valence-corrected chi connectivity index (χ4v) is 14.2. The number of nitrogens with zero attached hydrogens (tertiary/aromatic N) is 9. The Kier molecular flexibility index (Phi) is 28.0. The molecule has 0 bridgehead atoms. The summed E-state index contributed by atoms with van der Waals surface area (Å²) in [6.45, 7) is 19.7. The van der Waals surface area contributed by atoms with Gasteiger partial charge in [-0.15, -0.1) is 10.2 Å². The van der Waals surface area contributed by atoms with Gasteiger partial charge in [0.05, 0.1) is 61.1 Å². The van der Waals surface area contributed by atoms with E-state index in [4.69, 9.17) is 20.9 Å². The number of nitrogens with two attached hydrogens (primary N) is 2. The second kappa shape index (κ2) is 39.2. The summed E-state index contributed by atoms with van der Waals surface area (Å²) >= 11 is 0. The van der Waals surface area contributed by atoms with Gasteiger partial charge in [0.1, 0.15) is 11.6 Å². The van der Waals surface area contributed by atoms with E-state index >= 15 is 0 Å². The summed E-state index contributed by atoms with van der Waals surface area (Å²) in [4.78, 5) is 130. The molecule has 7 amide bonds. The molecule has 632 valence electrons. The Morgan fingerprint density at radius 2 is 1.02 bits per heavy atom. The highest BCUT2D eigenvalue weighted by Crippen LogP contribution is 2.33. The van der Waals surface area contributed by atoms with Crippen molar-refractivity contribution in [1.82, 2.24) is 63.7 Å². The summed E-state index contributed by atoms with van der Waals surface area (Å²) in [5.41, 5.74) is 19.7. The molecule has 122 heavy (non-hydrogen) atoms. The van der Waals surface area contributed by atoms with Gasteiger partial charge in [-0.1, -0.05) is 146 Å². The van der Waals surface area contributed by atoms with Crippen molar-refractivity contribution in [3.63, 3.8) is 0 Å². The van der Waals surface area contributed by atoms with Gasteiger partial charge in [-0.2, -0.15) is 0 Å². The first-order chi connectivity index (χ1) is 58.4. The van der Waals surface area contributed by atoms with Crippen LogP contribution in [0.1, 0.15) is 134 Å². The predicted octanol–water partition coefficient (Wildman–Crippen LogP) is 8.87. The maximum absolute atomic E-state index is 14.4. The number of likely N-dealkylation sites (tertiary alicyclic amines) is 1. The average molecular weight is 1660 g/mol. The van der Waals surface area contributed by atoms with Crippen LogP contribution < -0.4 is 69.6 Å². The molecule has 1 atom stereocenters. The molecule has 9 aromatic carbocycles. The number of primary amides is 2. The van der Waals surface area contributed by atoms with Crippen molar-refractivity contribution in [2.24, 2.45) is 23.3 Å². The molecule has 0 spiro atoms. The van der Waals surface area contributed by atoms with Gasteiger partial charge in [0.2, 0.25) is 24.3 Å². The zero-order chi connectivity index (χ0) is 87.2. The SMILES string of the molecule is CN(Cc1ccc2c(c1)OCO2)C(=O)c1ccc(CNC(N)=O)cc1.C[C@@H](C(=O)NCc1ccc(F)cc1)[NH+]1CCC(C(N)=O)CC1.Cc1ccc(Cn2c(=O)c3ccc(C(=O)NC(C)C)cc3n3c(=O)n(Cc4ccccc4F)nc23)cc1.Cc1ccc(Cn2c(=O)c3ccc(C(=O)NCC(C)C)cc3n3c(=O)n(Cc4ccccc4C)nc23)cc1. The molecule has 0 aliphatic carbocycles. The second-order valence-electron chi connectivity index (χ2n) is 31.3. The lowest BCUT2D eigenvalue weighted by molar-refractivity contribution is -0.919. The van der Waals surface area contributed by atoms with E-state index in [1.165, 1.54) is 51.8 Å². The van der Waals surface area contributed by atoms with Gasteiger partial charge in [-0.05, 0) is 165 Å². The summed E-state index contributed by atoms with van der Waals surface area (Å²) in [7, 11) is 1.75. The number of hydrogen-bond acceptors (Lipinski definition) is 14. The zero-order valence-electron chi connectivity index (χ0n) is 69.4. The van der Waals surface area contributed by atoms with Gasteiger partial charge >= 0.3 is 17.4 Å². The highest BCUT2D eigenvalue weighted by atomic mass is 19.1. The lowest BCUT2D eigenvalue weighted by atomic mass is 9.95. The number of aromatic nitrogens is 8. The summed E-state index contributed by atoms with van der Waals surface area (Å²) in [5, 5.41) is 20.8. The van der Waals surface area contributed by atoms with Crippen molar-refractivity contribution in [3.05, 3.63) is 326 Å². The quantitative estimate of drug-likeness (QED) is 0.0314. The maximum atomic E-state index is 14.4. The number of carbonyl (C=O) groups is 6. The standard InChI is InChI=1S/C30H31N5O3.C28H26FN5O3.C18H19N3O4.C16H22FN3O2/c1-19(2)16-31-27(36)23-13-14-25-26(15-23)35-29(33(28(25)37)17-22-11-9-20(3)10-12-22)32-34(30(35)38)18-24-8-6-5-7-21(24)4;1-17(2)30-25(35)20-12-13-22-24(14-20)34-27(32(26(22)36)15-19-10-8-18(3)9-11-19)31-33(28(34)37)16-21-6-4-5-7-23(21)29;1-21(10-13-4-7-15-16(8-13)25-11-24-15)17(22)14-5-2-12(3-6-14)9-20-18(19)23;1-11(20-8-6-13(7-9-20)15(18)21)16(22)19-10-12-2-4-14(17)5-3-12/h5-15,19H,16-18H2,1-4H3,(H,31,36);4-14,17H,15-16H2,1-3H3,(H,30,35);2-8H,9-11H2,1H3,(H3,19,20,23);2-5,11,13H,6-10H2,1H3,(H2,18,21)(H,19,22)/p+1/t;;;11-/m...0/s1. The number of rotatable bonds is 23. The van der Waals surface area contributed by atoms with Crippen LogP contribution in [0.2, 0.25) is 0 Å². The van der Waals surface area contributed by atoms with Crippen LogP contribution in [-0.4, -0.2) is 124 Å². The van der Waals surface area contributed by atoms with Crippen LogP contribution >= 0.6 is 0 Å². The molecule has 6 heterocycles. The number of carbonyl (C=O) groups excluding carboxylic acids is 6. The van der Waals surface area contributed by atoms with Crippen molar-refractivity contribution in [1.29, 1.82) is 0 Å². The minimum atomic E-state index is -0.580. The van der Waals surface area contributed by atoms with Gasteiger partial charge in [-0.3, -0.25) is 42.7 Å². The number of halogens is 2. The molecular formula is C92H99F2N16O12+. The number of aryl methyl sites for hydroxylation is 3. The highest BCUT2D eigenvalue weighted by Gasteiger charge is 2.32. The Morgan fingerprint density at radius 1 is 0.533 bits per heavy atom. The Balaban J connectivity index is 0.000000153. The monoisotopic (exact) mass is 1660 g/mol. The maximum Gasteiger partial charge on any atom is 0.352 e. The van der Waals surface area contributed by atoms with Gasteiger partial charge in [0.25, 0.3) is 34.7 Å². The Labute approximate surface area is 701 Å². The van der Waals surface area contributed by atoms with E-state index in [1.54, 1.807) is 96.9 Å². The van der Waals surface area contributed by atoms with Crippen molar-refractivity contribution in [2.75, 3.05) is 33.5 Å². The molecule has 9 N–H and O–H groups in total. The number of ether oxygens (including phenoxy) is 2. The third kappa shape index (κ3) is 21.3. The first kappa shape index (κ1) is 87.2. The molecule has 2 aliphatic heterocycles. The number of hydrogen-bond donors (Lipinski definition) is 7. The molecule has 15 rings (SSSR count). The van der Waals surface area contributed by atoms with Crippen LogP contribution in [0.3, 0.4) is 0 Å². The van der Waals surface area contributed by atoms with E-state index in [1.807, 2.05) is 146 Å². The van der Waals surface area contributed by atoms with Crippen LogP contribution in [0.4, 0.5) is 13.6 Å². The smallest absolute Gasteiger partial charge is 0.352 e. The summed E-state index contributed by atoms with van der Waals surface area (Å²) in [5.74, 6) is 0.326. The van der Waals surface area contributed by atoms with Crippen LogP contribution in [0, 0.1) is 44.2 Å². The predicted molar refractivity (Wildman–Crippen MR) is 460 cm³/mol. The normalized spacial score (nSPS) is 13.6. The summed E-state index contributed by atoms with van der Waals surface area (Å²) in [6, 6.07) is 57.0. The zero-order valence-corrected chi connectivity index (χ0v) is 69.4. The molecule has 0 saturated carbocycles. The molecular weight excluding hydrogens is 1560 g/mol. The molecule has 13 aromatic rings. The molecule has 0 unspecified atom stereocenters. The molecule has 1 fully saturated rings. The van der Waals surface area contributed by atoms with E-state index in [2.05, 4.69) is 31.5 Å². The average Bonchev–Trinajstić information content (AvgIpc) is 1.56.